The van der Waals surface area contributed by atoms with Gasteiger partial charge in [0.05, 0.1) is 12.6 Å². The molecule has 1 heterocycles. The van der Waals surface area contributed by atoms with Gasteiger partial charge in [0.2, 0.25) is 5.91 Å². The van der Waals surface area contributed by atoms with Crippen LogP contribution in [0.1, 0.15) is 78.6 Å². The van der Waals surface area contributed by atoms with Gasteiger partial charge < -0.3 is 20.7 Å². The fraction of sp³-hybridized carbons (Fsp3) is 0.917. The largest absolute Gasteiger partial charge is 0.378 e. The van der Waals surface area contributed by atoms with Crippen LogP contribution in [0.15, 0.2) is 4.99 Å². The summed E-state index contributed by atoms with van der Waals surface area (Å²) in [4.78, 5) is 19.0. The highest BCUT2D eigenvalue weighted by molar-refractivity contribution is 5.81. The topological polar surface area (TPSA) is 78.0 Å². The highest BCUT2D eigenvalue weighted by Gasteiger charge is 2.55. The Morgan fingerprint density at radius 1 is 1.10 bits per heavy atom. The third-order valence-corrected chi connectivity index (χ3v) is 7.43. The first-order valence-electron chi connectivity index (χ1n) is 12.8. The Labute approximate surface area is 189 Å². The van der Waals surface area contributed by atoms with Crippen molar-refractivity contribution in [2.45, 2.75) is 96.7 Å². The minimum Gasteiger partial charge on any atom is -0.378 e. The molecule has 1 saturated heterocycles. The van der Waals surface area contributed by atoms with Crippen molar-refractivity contribution in [2.75, 3.05) is 39.3 Å². The van der Waals surface area contributed by atoms with E-state index >= 15 is 0 Å². The van der Waals surface area contributed by atoms with Crippen LogP contribution in [-0.4, -0.2) is 74.3 Å². The standard InChI is InChI=1S/C24H45N5O2/c1-4-14-26-22(30)18-29-15-10-19(11-16-29)27-23(25-5-2)28-20-17-21(31-6-3)24(20)12-8-7-9-13-24/h19-21H,4-18H2,1-3H3,(H,26,30)(H2,25,27,28). The number of ether oxygens (including phenoxy) is 1. The summed E-state index contributed by atoms with van der Waals surface area (Å²) in [5.41, 5.74) is 0.291. The quantitative estimate of drug-likeness (QED) is 0.383. The van der Waals surface area contributed by atoms with Gasteiger partial charge in [-0.15, -0.1) is 0 Å². The molecule has 1 spiro atoms. The molecule has 7 nitrogen and oxygen atoms in total. The molecule has 0 radical (unpaired) electrons. The van der Waals surface area contributed by atoms with Gasteiger partial charge in [0, 0.05) is 50.3 Å². The summed E-state index contributed by atoms with van der Waals surface area (Å²) in [6, 6.07) is 0.877. The average Bonchev–Trinajstić information content (AvgIpc) is 2.79. The van der Waals surface area contributed by atoms with E-state index in [1.165, 1.54) is 32.1 Å². The predicted octanol–water partition coefficient (Wildman–Crippen LogP) is 2.66. The van der Waals surface area contributed by atoms with E-state index in [9.17, 15) is 4.79 Å². The van der Waals surface area contributed by atoms with Gasteiger partial charge in [0.25, 0.3) is 0 Å². The molecule has 0 aromatic rings. The van der Waals surface area contributed by atoms with Crippen LogP contribution in [-0.2, 0) is 9.53 Å². The van der Waals surface area contributed by atoms with Crippen LogP contribution >= 0.6 is 0 Å². The van der Waals surface area contributed by atoms with Crippen molar-refractivity contribution in [2.24, 2.45) is 10.4 Å². The first-order valence-corrected chi connectivity index (χ1v) is 12.8. The van der Waals surface area contributed by atoms with Gasteiger partial charge in [-0.1, -0.05) is 26.2 Å². The summed E-state index contributed by atoms with van der Waals surface area (Å²) in [5.74, 6) is 1.11. The van der Waals surface area contributed by atoms with Crippen LogP contribution in [0.3, 0.4) is 0 Å². The number of nitrogens with one attached hydrogen (secondary N) is 3. The van der Waals surface area contributed by atoms with Crippen LogP contribution in [0, 0.1) is 5.41 Å². The number of carbonyl (C=O) groups is 1. The number of rotatable bonds is 9. The molecule has 31 heavy (non-hydrogen) atoms. The Bertz CT molecular complexity index is 583. The van der Waals surface area contributed by atoms with Gasteiger partial charge >= 0.3 is 0 Å². The molecular weight excluding hydrogens is 390 g/mol. The zero-order valence-electron chi connectivity index (χ0n) is 20.0. The predicted molar refractivity (Wildman–Crippen MR) is 126 cm³/mol. The number of hydrogen-bond donors (Lipinski definition) is 3. The number of piperidine rings is 1. The summed E-state index contributed by atoms with van der Waals surface area (Å²) in [6.07, 6.45) is 11.1. The number of likely N-dealkylation sites (tertiary alicyclic amines) is 1. The maximum Gasteiger partial charge on any atom is 0.234 e. The lowest BCUT2D eigenvalue weighted by atomic mass is 9.55. The molecule has 1 aliphatic heterocycles. The number of nitrogens with zero attached hydrogens (tertiary/aromatic N) is 2. The summed E-state index contributed by atoms with van der Waals surface area (Å²) >= 11 is 0. The molecule has 2 unspecified atom stereocenters. The van der Waals surface area contributed by atoms with Crippen LogP contribution in [0.4, 0.5) is 0 Å². The Balaban J connectivity index is 1.48. The third kappa shape index (κ3) is 6.35. The summed E-state index contributed by atoms with van der Waals surface area (Å²) in [6.45, 7) is 11.1. The number of aliphatic imine (C=N–C) groups is 1. The molecule has 2 saturated carbocycles. The van der Waals surface area contributed by atoms with E-state index in [2.05, 4.69) is 41.6 Å². The van der Waals surface area contributed by atoms with Crippen LogP contribution in [0.5, 0.6) is 0 Å². The monoisotopic (exact) mass is 435 g/mol. The first kappa shape index (κ1) is 24.3. The number of guanidine groups is 1. The lowest BCUT2D eigenvalue weighted by Crippen LogP contribution is -2.67. The molecule has 7 heteroatoms. The first-order chi connectivity index (χ1) is 15.1. The number of hydrogen-bond acceptors (Lipinski definition) is 4. The second-order valence-electron chi connectivity index (χ2n) is 9.54. The molecule has 3 N–H and O–H groups in total. The molecule has 0 aromatic carbocycles. The Morgan fingerprint density at radius 2 is 1.84 bits per heavy atom. The van der Waals surface area contributed by atoms with E-state index in [1.54, 1.807) is 0 Å². The van der Waals surface area contributed by atoms with Crippen molar-refractivity contribution in [1.82, 2.24) is 20.9 Å². The van der Waals surface area contributed by atoms with Crippen molar-refractivity contribution in [3.8, 4) is 0 Å². The molecular formula is C24H45N5O2. The van der Waals surface area contributed by atoms with Crippen molar-refractivity contribution >= 4 is 11.9 Å². The van der Waals surface area contributed by atoms with E-state index in [1.807, 2.05) is 0 Å². The fourth-order valence-corrected chi connectivity index (χ4v) is 5.67. The van der Waals surface area contributed by atoms with Crippen molar-refractivity contribution in [3.05, 3.63) is 0 Å². The van der Waals surface area contributed by atoms with Crippen LogP contribution < -0.4 is 16.0 Å². The second-order valence-corrected chi connectivity index (χ2v) is 9.54. The molecule has 2 aliphatic carbocycles. The summed E-state index contributed by atoms with van der Waals surface area (Å²) < 4.78 is 6.12. The van der Waals surface area contributed by atoms with E-state index in [0.29, 0.717) is 30.1 Å². The smallest absolute Gasteiger partial charge is 0.234 e. The van der Waals surface area contributed by atoms with Gasteiger partial charge in [0.15, 0.2) is 5.96 Å². The van der Waals surface area contributed by atoms with E-state index in [0.717, 1.165) is 64.4 Å². The highest BCUT2D eigenvalue weighted by Crippen LogP contribution is 2.53. The molecule has 3 aliphatic rings. The normalized spacial score (nSPS) is 27.0. The van der Waals surface area contributed by atoms with Gasteiger partial charge in [-0.05, 0) is 52.4 Å². The molecule has 0 aromatic heterocycles. The Hall–Kier alpha value is -1.34. The minimum atomic E-state index is 0.148. The number of amides is 1. The molecule has 2 atom stereocenters. The molecule has 1 amide bonds. The second kappa shape index (κ2) is 12.0. The van der Waals surface area contributed by atoms with E-state index < -0.39 is 0 Å². The fourth-order valence-electron chi connectivity index (χ4n) is 5.67. The minimum absolute atomic E-state index is 0.148. The van der Waals surface area contributed by atoms with Crippen LogP contribution in [0.2, 0.25) is 0 Å². The van der Waals surface area contributed by atoms with Gasteiger partial charge in [-0.25, -0.2) is 0 Å². The third-order valence-electron chi connectivity index (χ3n) is 7.43. The lowest BCUT2D eigenvalue weighted by molar-refractivity contribution is -0.145. The van der Waals surface area contributed by atoms with E-state index in [-0.39, 0.29) is 5.91 Å². The lowest BCUT2D eigenvalue weighted by Gasteiger charge is -2.58. The maximum absolute atomic E-state index is 12.0. The van der Waals surface area contributed by atoms with Gasteiger partial charge in [0.1, 0.15) is 0 Å². The SMILES string of the molecule is CCCNC(=O)CN1CCC(NC(=NCC)NC2CC(OCC)C23CCCCC3)CC1. The number of carbonyl (C=O) groups excluding carboxylic acids is 1. The summed E-state index contributed by atoms with van der Waals surface area (Å²) in [7, 11) is 0. The molecule has 0 bridgehead atoms. The molecule has 178 valence electrons. The molecule has 3 rings (SSSR count). The van der Waals surface area contributed by atoms with Crippen molar-refractivity contribution < 1.29 is 9.53 Å². The average molecular weight is 436 g/mol. The van der Waals surface area contributed by atoms with Crippen molar-refractivity contribution in [1.29, 1.82) is 0 Å². The summed E-state index contributed by atoms with van der Waals surface area (Å²) in [5, 5.41) is 10.5. The Kier molecular flexibility index (Phi) is 9.45. The maximum atomic E-state index is 12.0. The van der Waals surface area contributed by atoms with Gasteiger partial charge in [-0.3, -0.25) is 14.7 Å². The van der Waals surface area contributed by atoms with Crippen LogP contribution in [0.25, 0.3) is 0 Å². The highest BCUT2D eigenvalue weighted by atomic mass is 16.5. The zero-order chi connectivity index (χ0) is 22.1. The van der Waals surface area contributed by atoms with Gasteiger partial charge in [-0.2, -0.15) is 0 Å². The van der Waals surface area contributed by atoms with E-state index in [4.69, 9.17) is 9.73 Å². The zero-order valence-corrected chi connectivity index (χ0v) is 20.0. The van der Waals surface area contributed by atoms with Crippen molar-refractivity contribution in [3.63, 3.8) is 0 Å². The Morgan fingerprint density at radius 3 is 2.48 bits per heavy atom. The molecule has 3 fully saturated rings.